The Morgan fingerprint density at radius 1 is 0.632 bits per heavy atom. The van der Waals surface area contributed by atoms with E-state index in [0.717, 1.165) is 18.2 Å². The highest BCUT2D eigenvalue weighted by molar-refractivity contribution is 5.86. The van der Waals surface area contributed by atoms with E-state index in [4.69, 9.17) is 11.5 Å². The predicted molar refractivity (Wildman–Crippen MR) is 69.0 cm³/mol. The van der Waals surface area contributed by atoms with Crippen LogP contribution in [0.2, 0.25) is 0 Å². The Kier molecular flexibility index (Phi) is 2.67. The molecule has 0 aliphatic rings. The zero-order chi connectivity index (χ0) is 14.3. The minimum atomic E-state index is -0.717. The molecular formula is C12H12N2O5. The van der Waals surface area contributed by atoms with Crippen molar-refractivity contribution >= 4 is 11.4 Å². The van der Waals surface area contributed by atoms with E-state index in [0.29, 0.717) is 0 Å². The lowest BCUT2D eigenvalue weighted by atomic mass is 10.0. The first-order valence-electron chi connectivity index (χ1n) is 5.18. The molecule has 0 spiro atoms. The molecule has 0 radical (unpaired) electrons. The summed E-state index contributed by atoms with van der Waals surface area (Å²) in [7, 11) is 0. The molecule has 0 saturated carbocycles. The molecule has 2 aromatic carbocycles. The lowest BCUT2D eigenvalue weighted by molar-refractivity contribution is 0.400. The minimum Gasteiger partial charge on any atom is -0.507 e. The Labute approximate surface area is 107 Å². The maximum absolute atomic E-state index is 9.78. The third-order valence-electron chi connectivity index (χ3n) is 2.73. The molecule has 7 nitrogen and oxygen atoms in total. The lowest BCUT2D eigenvalue weighted by Crippen LogP contribution is -1.91. The van der Waals surface area contributed by atoms with Gasteiger partial charge in [-0.3, -0.25) is 0 Å². The molecule has 0 unspecified atom stereocenters. The second-order valence-electron chi connectivity index (χ2n) is 3.98. The van der Waals surface area contributed by atoms with Crippen LogP contribution in [0.25, 0.3) is 11.1 Å². The topological polar surface area (TPSA) is 153 Å². The molecule has 0 heterocycles. The van der Waals surface area contributed by atoms with Gasteiger partial charge in [0.15, 0.2) is 11.5 Å². The molecule has 0 bridgehead atoms. The normalized spacial score (nSPS) is 10.5. The maximum Gasteiger partial charge on any atom is 0.185 e. The summed E-state index contributed by atoms with van der Waals surface area (Å²) in [6.07, 6.45) is 0. The van der Waals surface area contributed by atoms with Crippen molar-refractivity contribution in [1.82, 2.24) is 0 Å². The summed E-state index contributed by atoms with van der Waals surface area (Å²) >= 11 is 0. The van der Waals surface area contributed by atoms with Crippen LogP contribution in [0.1, 0.15) is 0 Å². The molecule has 9 N–H and O–H groups in total. The molecule has 0 atom stereocenters. The van der Waals surface area contributed by atoms with Crippen LogP contribution in [0, 0.1) is 0 Å². The molecule has 0 saturated heterocycles. The average Bonchev–Trinajstić information content (AvgIpc) is 2.36. The number of phenols is 5. The molecule has 0 aliphatic carbocycles. The van der Waals surface area contributed by atoms with Gasteiger partial charge in [0.1, 0.15) is 22.9 Å². The maximum atomic E-state index is 9.78. The Balaban J connectivity index is 2.76. The third kappa shape index (κ3) is 1.86. The fraction of sp³-hybridized carbons (Fsp3) is 0. The molecule has 2 rings (SSSR count). The van der Waals surface area contributed by atoms with Gasteiger partial charge in [0.2, 0.25) is 0 Å². The predicted octanol–water partition coefficient (Wildman–Crippen LogP) is 1.05. The van der Waals surface area contributed by atoms with Crippen molar-refractivity contribution in [3.63, 3.8) is 0 Å². The number of aromatic hydroxyl groups is 5. The van der Waals surface area contributed by atoms with Crippen molar-refractivity contribution < 1.29 is 25.5 Å². The lowest BCUT2D eigenvalue weighted by Gasteiger charge is -2.12. The van der Waals surface area contributed by atoms with Crippen molar-refractivity contribution in [1.29, 1.82) is 0 Å². The van der Waals surface area contributed by atoms with Gasteiger partial charge in [0.25, 0.3) is 0 Å². The zero-order valence-electron chi connectivity index (χ0n) is 9.62. The SMILES string of the molecule is Nc1cc(O)c(-c2cc(O)c(N)c(O)c2O)cc1O. The summed E-state index contributed by atoms with van der Waals surface area (Å²) in [6, 6.07) is 3.22. The number of hydrogen-bond acceptors (Lipinski definition) is 7. The quantitative estimate of drug-likeness (QED) is 0.231. The van der Waals surface area contributed by atoms with Gasteiger partial charge in [-0.05, 0) is 12.1 Å². The van der Waals surface area contributed by atoms with Crippen LogP contribution < -0.4 is 11.5 Å². The van der Waals surface area contributed by atoms with E-state index in [1.54, 1.807) is 0 Å². The Bertz CT molecular complexity index is 670. The molecule has 2 aromatic rings. The summed E-state index contributed by atoms with van der Waals surface area (Å²) in [6.45, 7) is 0. The first-order valence-corrected chi connectivity index (χ1v) is 5.18. The largest absolute Gasteiger partial charge is 0.507 e. The van der Waals surface area contributed by atoms with Gasteiger partial charge in [0.05, 0.1) is 5.69 Å². The van der Waals surface area contributed by atoms with Gasteiger partial charge < -0.3 is 37.0 Å². The molecule has 0 aromatic heterocycles. The van der Waals surface area contributed by atoms with Crippen molar-refractivity contribution in [2.75, 3.05) is 11.5 Å². The molecule has 0 fully saturated rings. The molecule has 100 valence electrons. The monoisotopic (exact) mass is 264 g/mol. The fourth-order valence-electron chi connectivity index (χ4n) is 1.67. The number of benzene rings is 2. The van der Waals surface area contributed by atoms with Crippen LogP contribution in [0.4, 0.5) is 11.4 Å². The van der Waals surface area contributed by atoms with Gasteiger partial charge >= 0.3 is 0 Å². The first-order chi connectivity index (χ1) is 8.82. The van der Waals surface area contributed by atoms with E-state index < -0.39 is 17.2 Å². The summed E-state index contributed by atoms with van der Waals surface area (Å²) in [5.74, 6) is -2.47. The van der Waals surface area contributed by atoms with Gasteiger partial charge in [-0.25, -0.2) is 0 Å². The zero-order valence-corrected chi connectivity index (χ0v) is 9.62. The molecule has 7 heteroatoms. The summed E-state index contributed by atoms with van der Waals surface area (Å²) in [5.41, 5.74) is 10.2. The van der Waals surface area contributed by atoms with E-state index in [9.17, 15) is 25.5 Å². The Hall–Kier alpha value is -2.96. The van der Waals surface area contributed by atoms with Crippen LogP contribution in [0.5, 0.6) is 28.7 Å². The summed E-state index contributed by atoms with van der Waals surface area (Å²) in [4.78, 5) is 0. The van der Waals surface area contributed by atoms with Crippen LogP contribution in [0.3, 0.4) is 0 Å². The van der Waals surface area contributed by atoms with Gasteiger partial charge in [0, 0.05) is 17.2 Å². The van der Waals surface area contributed by atoms with E-state index in [1.165, 1.54) is 0 Å². The molecule has 19 heavy (non-hydrogen) atoms. The molecular weight excluding hydrogens is 252 g/mol. The second-order valence-corrected chi connectivity index (χ2v) is 3.98. The number of phenolic OH excluding ortho intramolecular Hbond substituents is 5. The van der Waals surface area contributed by atoms with Crippen LogP contribution >= 0.6 is 0 Å². The van der Waals surface area contributed by atoms with Crippen molar-refractivity contribution in [3.8, 4) is 39.9 Å². The van der Waals surface area contributed by atoms with Crippen molar-refractivity contribution in [3.05, 3.63) is 18.2 Å². The van der Waals surface area contributed by atoms with Gasteiger partial charge in [-0.2, -0.15) is 0 Å². The molecule has 0 amide bonds. The van der Waals surface area contributed by atoms with Crippen LogP contribution in [-0.4, -0.2) is 25.5 Å². The number of hydrogen-bond donors (Lipinski definition) is 7. The Morgan fingerprint density at radius 3 is 1.84 bits per heavy atom. The minimum absolute atomic E-state index is 0.0187. The van der Waals surface area contributed by atoms with Crippen molar-refractivity contribution in [2.24, 2.45) is 0 Å². The van der Waals surface area contributed by atoms with Crippen LogP contribution in [0.15, 0.2) is 18.2 Å². The van der Waals surface area contributed by atoms with Crippen molar-refractivity contribution in [2.45, 2.75) is 0 Å². The number of rotatable bonds is 1. The van der Waals surface area contributed by atoms with E-state index >= 15 is 0 Å². The first kappa shape index (κ1) is 12.5. The fourth-order valence-corrected chi connectivity index (χ4v) is 1.67. The second kappa shape index (κ2) is 4.05. The van der Waals surface area contributed by atoms with E-state index in [-0.39, 0.29) is 34.0 Å². The highest BCUT2D eigenvalue weighted by Gasteiger charge is 2.19. The molecule has 0 aliphatic heterocycles. The summed E-state index contributed by atoms with van der Waals surface area (Å²) < 4.78 is 0. The van der Waals surface area contributed by atoms with E-state index in [2.05, 4.69) is 0 Å². The smallest absolute Gasteiger partial charge is 0.185 e. The average molecular weight is 264 g/mol. The summed E-state index contributed by atoms with van der Waals surface area (Å²) in [5, 5.41) is 48.1. The number of nitrogens with two attached hydrogens (primary N) is 2. The van der Waals surface area contributed by atoms with Gasteiger partial charge in [-0.1, -0.05) is 0 Å². The standard InChI is InChI=1S/C12H12N2O5/c13-6-3-7(15)4(1-8(6)16)5-2-9(17)10(14)12(19)11(5)18/h1-3,15-19H,13-14H2. The van der Waals surface area contributed by atoms with E-state index in [1.807, 2.05) is 0 Å². The Morgan fingerprint density at radius 2 is 1.21 bits per heavy atom. The number of nitrogen functional groups attached to an aromatic ring is 2. The number of anilines is 2. The highest BCUT2D eigenvalue weighted by Crippen LogP contribution is 2.48. The highest BCUT2D eigenvalue weighted by atomic mass is 16.3. The third-order valence-corrected chi connectivity index (χ3v) is 2.73. The van der Waals surface area contributed by atoms with Gasteiger partial charge in [-0.15, -0.1) is 0 Å². The van der Waals surface area contributed by atoms with Crippen LogP contribution in [-0.2, 0) is 0 Å².